The van der Waals surface area contributed by atoms with Crippen LogP contribution < -0.4 is 15.0 Å². The number of amides is 1. The van der Waals surface area contributed by atoms with Crippen molar-refractivity contribution in [2.24, 2.45) is 0 Å². The van der Waals surface area contributed by atoms with E-state index in [-0.39, 0.29) is 0 Å². The number of methoxy groups -OCH3 is 1. The predicted molar refractivity (Wildman–Crippen MR) is 142 cm³/mol. The monoisotopic (exact) mass is 489 g/mol. The van der Waals surface area contributed by atoms with Gasteiger partial charge in [0.1, 0.15) is 11.6 Å². The first kappa shape index (κ1) is 25.4. The largest absolute Gasteiger partial charge is 0.496 e. The Labute approximate surface area is 212 Å². The van der Waals surface area contributed by atoms with Gasteiger partial charge < -0.3 is 20.1 Å². The number of nitrogens with zero attached hydrogens (tertiary/aromatic N) is 4. The fourth-order valence-electron chi connectivity index (χ4n) is 4.99. The number of anilines is 2. The van der Waals surface area contributed by atoms with Gasteiger partial charge in [-0.05, 0) is 81.6 Å². The van der Waals surface area contributed by atoms with Crippen LogP contribution in [-0.4, -0.2) is 59.4 Å². The van der Waals surface area contributed by atoms with Gasteiger partial charge in [0.05, 0.1) is 13.2 Å². The standard InChI is InChI=1S/C28H35N5O3/c1-20-10-8-11-21(2)25(20)26(22-12-4-5-13-23(22)36-3)33(28(34)35)24-14-16-30-27(31-24)29-15-9-19-32-17-6-7-18-32/h4-5,8,10-14,16,26H,6-7,9,15,17-19H2,1-3H3,(H,34,35)(H,29,30,31). The summed E-state index contributed by atoms with van der Waals surface area (Å²) in [6.45, 7) is 8.09. The van der Waals surface area contributed by atoms with Crippen molar-refractivity contribution >= 4 is 17.9 Å². The molecule has 2 aromatic carbocycles. The maximum absolute atomic E-state index is 12.8. The topological polar surface area (TPSA) is 90.8 Å². The first-order valence-corrected chi connectivity index (χ1v) is 12.5. The Hall–Kier alpha value is -3.65. The number of para-hydroxylation sites is 1. The summed E-state index contributed by atoms with van der Waals surface area (Å²) < 4.78 is 5.66. The molecule has 0 bridgehead atoms. The molecule has 36 heavy (non-hydrogen) atoms. The van der Waals surface area contributed by atoms with Gasteiger partial charge in [-0.25, -0.2) is 14.7 Å². The molecule has 1 aliphatic rings. The number of hydrogen-bond donors (Lipinski definition) is 2. The molecule has 2 N–H and O–H groups in total. The maximum Gasteiger partial charge on any atom is 0.413 e. The van der Waals surface area contributed by atoms with E-state index in [0.717, 1.165) is 41.8 Å². The Morgan fingerprint density at radius 1 is 1.11 bits per heavy atom. The highest BCUT2D eigenvalue weighted by Crippen LogP contribution is 2.39. The van der Waals surface area contributed by atoms with Crippen molar-refractivity contribution in [1.29, 1.82) is 0 Å². The molecule has 1 saturated heterocycles. The smallest absolute Gasteiger partial charge is 0.413 e. The van der Waals surface area contributed by atoms with Crippen LogP contribution in [0.15, 0.2) is 54.7 Å². The molecular weight excluding hydrogens is 454 g/mol. The number of carbonyl (C=O) groups is 1. The van der Waals surface area contributed by atoms with Crippen molar-refractivity contribution in [2.45, 2.75) is 39.2 Å². The molecule has 0 radical (unpaired) electrons. The number of ether oxygens (including phenoxy) is 1. The van der Waals surface area contributed by atoms with Crippen molar-refractivity contribution < 1.29 is 14.6 Å². The van der Waals surface area contributed by atoms with Crippen LogP contribution in [0.5, 0.6) is 5.75 Å². The predicted octanol–water partition coefficient (Wildman–Crippen LogP) is 5.27. The first-order valence-electron chi connectivity index (χ1n) is 12.5. The summed E-state index contributed by atoms with van der Waals surface area (Å²) in [4.78, 5) is 25.6. The average Bonchev–Trinajstić information content (AvgIpc) is 3.39. The highest BCUT2D eigenvalue weighted by atomic mass is 16.5. The number of aryl methyl sites for hydroxylation is 2. The van der Waals surface area contributed by atoms with Gasteiger partial charge in [-0.2, -0.15) is 4.98 Å². The van der Waals surface area contributed by atoms with E-state index in [9.17, 15) is 9.90 Å². The quantitative estimate of drug-likeness (QED) is 0.375. The first-order chi connectivity index (χ1) is 17.5. The molecule has 1 aromatic heterocycles. The van der Waals surface area contributed by atoms with Crippen LogP contribution in [0.3, 0.4) is 0 Å². The Morgan fingerprint density at radius 2 is 1.83 bits per heavy atom. The van der Waals surface area contributed by atoms with Gasteiger partial charge >= 0.3 is 6.09 Å². The molecule has 2 heterocycles. The van der Waals surface area contributed by atoms with E-state index in [0.29, 0.717) is 17.5 Å². The lowest BCUT2D eigenvalue weighted by Crippen LogP contribution is -2.36. The zero-order valence-electron chi connectivity index (χ0n) is 21.3. The highest BCUT2D eigenvalue weighted by molar-refractivity contribution is 5.87. The molecule has 8 heteroatoms. The zero-order valence-corrected chi connectivity index (χ0v) is 21.3. The molecule has 4 rings (SSSR count). The van der Waals surface area contributed by atoms with Gasteiger partial charge in [0.15, 0.2) is 0 Å². The second-order valence-electron chi connectivity index (χ2n) is 9.17. The molecule has 8 nitrogen and oxygen atoms in total. The van der Waals surface area contributed by atoms with Gasteiger partial charge in [0.25, 0.3) is 0 Å². The average molecular weight is 490 g/mol. The molecule has 1 amide bonds. The summed E-state index contributed by atoms with van der Waals surface area (Å²) in [6, 6.07) is 14.5. The van der Waals surface area contributed by atoms with E-state index in [4.69, 9.17) is 4.74 Å². The Kier molecular flexibility index (Phi) is 8.38. The van der Waals surface area contributed by atoms with Crippen molar-refractivity contribution in [2.75, 3.05) is 43.5 Å². The van der Waals surface area contributed by atoms with Crippen molar-refractivity contribution in [3.05, 3.63) is 77.0 Å². The van der Waals surface area contributed by atoms with Crippen molar-refractivity contribution in [1.82, 2.24) is 14.9 Å². The summed E-state index contributed by atoms with van der Waals surface area (Å²) in [5.41, 5.74) is 3.64. The van der Waals surface area contributed by atoms with E-state index in [1.165, 1.54) is 30.8 Å². The SMILES string of the molecule is COc1ccccc1C(c1c(C)cccc1C)N(C(=O)O)c1ccnc(NCCCN2CCCC2)n1. The molecule has 0 saturated carbocycles. The Morgan fingerprint density at radius 3 is 2.53 bits per heavy atom. The third kappa shape index (κ3) is 5.76. The zero-order chi connectivity index (χ0) is 25.5. The number of benzene rings is 2. The van der Waals surface area contributed by atoms with Gasteiger partial charge in [0, 0.05) is 18.3 Å². The summed E-state index contributed by atoms with van der Waals surface area (Å²) in [7, 11) is 1.60. The van der Waals surface area contributed by atoms with Crippen LogP contribution in [0.2, 0.25) is 0 Å². The number of likely N-dealkylation sites (tertiary alicyclic amines) is 1. The number of aromatic nitrogens is 2. The minimum Gasteiger partial charge on any atom is -0.496 e. The van der Waals surface area contributed by atoms with Crippen LogP contribution in [0.4, 0.5) is 16.6 Å². The van der Waals surface area contributed by atoms with Gasteiger partial charge in [0.2, 0.25) is 5.95 Å². The third-order valence-electron chi connectivity index (χ3n) is 6.73. The molecule has 1 atom stereocenters. The lowest BCUT2D eigenvalue weighted by atomic mass is 9.89. The van der Waals surface area contributed by atoms with Gasteiger partial charge in [-0.1, -0.05) is 36.4 Å². The third-order valence-corrected chi connectivity index (χ3v) is 6.73. The highest BCUT2D eigenvalue weighted by Gasteiger charge is 2.33. The van der Waals surface area contributed by atoms with Gasteiger partial charge in [-0.15, -0.1) is 0 Å². The number of rotatable bonds is 10. The van der Waals surface area contributed by atoms with Crippen molar-refractivity contribution in [3.63, 3.8) is 0 Å². The van der Waals surface area contributed by atoms with E-state index in [2.05, 4.69) is 20.2 Å². The molecule has 0 aliphatic carbocycles. The summed E-state index contributed by atoms with van der Waals surface area (Å²) in [5, 5.41) is 13.8. The van der Waals surface area contributed by atoms with E-state index in [1.807, 2.05) is 56.3 Å². The molecule has 190 valence electrons. The second kappa shape index (κ2) is 11.9. The molecule has 1 aliphatic heterocycles. The maximum atomic E-state index is 12.8. The molecule has 3 aromatic rings. The summed E-state index contributed by atoms with van der Waals surface area (Å²) >= 11 is 0. The van der Waals surface area contributed by atoms with Crippen LogP contribution in [0.25, 0.3) is 0 Å². The fraction of sp³-hybridized carbons (Fsp3) is 0.393. The Bertz CT molecular complexity index is 1160. The van der Waals surface area contributed by atoms with Crippen LogP contribution in [0, 0.1) is 13.8 Å². The Balaban J connectivity index is 1.68. The van der Waals surface area contributed by atoms with Crippen LogP contribution in [0.1, 0.15) is 47.6 Å². The minimum absolute atomic E-state index is 0.304. The van der Waals surface area contributed by atoms with Crippen LogP contribution >= 0.6 is 0 Å². The molecule has 0 spiro atoms. The lowest BCUT2D eigenvalue weighted by molar-refractivity contribution is 0.199. The number of carboxylic acid groups (broad SMARTS) is 1. The molecule has 1 unspecified atom stereocenters. The number of nitrogens with one attached hydrogen (secondary N) is 1. The molecule has 1 fully saturated rings. The van der Waals surface area contributed by atoms with Gasteiger partial charge in [-0.3, -0.25) is 0 Å². The van der Waals surface area contributed by atoms with E-state index < -0.39 is 12.1 Å². The van der Waals surface area contributed by atoms with Crippen LogP contribution in [-0.2, 0) is 0 Å². The summed E-state index contributed by atoms with van der Waals surface area (Å²) in [6.07, 6.45) is 4.02. The van der Waals surface area contributed by atoms with E-state index in [1.54, 1.807) is 19.4 Å². The number of hydrogen-bond acceptors (Lipinski definition) is 6. The fourth-order valence-corrected chi connectivity index (χ4v) is 4.99. The normalized spacial score (nSPS) is 14.4. The second-order valence-corrected chi connectivity index (χ2v) is 9.17. The minimum atomic E-state index is -1.10. The molecular formula is C28H35N5O3. The van der Waals surface area contributed by atoms with Crippen molar-refractivity contribution in [3.8, 4) is 5.75 Å². The summed E-state index contributed by atoms with van der Waals surface area (Å²) in [5.74, 6) is 1.34. The lowest BCUT2D eigenvalue weighted by Gasteiger charge is -2.32. The van der Waals surface area contributed by atoms with E-state index >= 15 is 0 Å².